The molecule has 0 bridgehead atoms. The molecule has 1 rings (SSSR count). The van der Waals surface area contributed by atoms with E-state index in [4.69, 9.17) is 0 Å². The Balaban J connectivity index is 3.18. The molecule has 0 N–H and O–H groups in total. The van der Waals surface area contributed by atoms with Crippen LogP contribution in [0.25, 0.3) is 0 Å². The van der Waals surface area contributed by atoms with E-state index in [9.17, 15) is 27.7 Å². The third kappa shape index (κ3) is 1.49. The number of rotatable bonds is 1. The van der Waals surface area contributed by atoms with Crippen molar-refractivity contribution in [3.8, 4) is 0 Å². The summed E-state index contributed by atoms with van der Waals surface area (Å²) in [5.41, 5.74) is -5.43. The van der Waals surface area contributed by atoms with Crippen molar-refractivity contribution in [3.63, 3.8) is 0 Å². The second kappa shape index (κ2) is 3.07. The van der Waals surface area contributed by atoms with Gasteiger partial charge < -0.3 is 0 Å². The van der Waals surface area contributed by atoms with Crippen LogP contribution in [0, 0.1) is 10.1 Å². The van der Waals surface area contributed by atoms with Crippen LogP contribution < -0.4 is 0 Å². The first-order valence-corrected chi connectivity index (χ1v) is 3.57. The predicted octanol–water partition coefficient (Wildman–Crippen LogP) is 2.38. The van der Waals surface area contributed by atoms with Gasteiger partial charge in [0.2, 0.25) is 0 Å². The Hall–Kier alpha value is -1.40. The van der Waals surface area contributed by atoms with Gasteiger partial charge in [-0.2, -0.15) is 13.2 Å². The average Bonchev–Trinajstić information content (AvgIpc) is 2.02. The van der Waals surface area contributed by atoms with E-state index >= 15 is 0 Å². The number of hydrogen-bond acceptors (Lipinski definition) is 2. The largest absolute Gasteiger partial charge is 0.436 e. The summed E-state index contributed by atoms with van der Waals surface area (Å²) in [4.78, 5) is 8.83. The maximum Gasteiger partial charge on any atom is 0.436 e. The zero-order valence-electron chi connectivity index (χ0n) is 6.71. The van der Waals surface area contributed by atoms with Crippen molar-refractivity contribution in [2.75, 3.05) is 0 Å². The summed E-state index contributed by atoms with van der Waals surface area (Å²) in [5, 5.41) is 10.2. The van der Waals surface area contributed by atoms with Crippen LogP contribution in [-0.2, 0) is 0 Å². The highest BCUT2D eigenvalue weighted by molar-refractivity contribution is 5.28. The van der Waals surface area contributed by atoms with Gasteiger partial charge in [0, 0.05) is 0 Å². The third-order valence-corrected chi connectivity index (χ3v) is 1.78. The van der Waals surface area contributed by atoms with Gasteiger partial charge in [0.15, 0.2) is 0 Å². The predicted molar refractivity (Wildman–Crippen MR) is 38.7 cm³/mol. The molecule has 78 valence electrons. The highest BCUT2D eigenvalue weighted by Gasteiger charge is 2.63. The van der Waals surface area contributed by atoms with Gasteiger partial charge in [-0.05, 0) is 18.6 Å². The molecule has 0 saturated carbocycles. The SMILES string of the molecule is O=[N+]([O-])C1=CCC=CC1(F)C(F)(F)F. The van der Waals surface area contributed by atoms with Crippen LogP contribution in [0.3, 0.4) is 0 Å². The molecule has 0 aromatic rings. The van der Waals surface area contributed by atoms with Gasteiger partial charge in [0.05, 0.1) is 4.92 Å². The van der Waals surface area contributed by atoms with Crippen molar-refractivity contribution in [3.05, 3.63) is 34.0 Å². The van der Waals surface area contributed by atoms with Crippen molar-refractivity contribution in [1.82, 2.24) is 0 Å². The number of halogens is 4. The molecule has 0 heterocycles. The zero-order valence-corrected chi connectivity index (χ0v) is 6.71. The molecule has 0 spiro atoms. The summed E-state index contributed by atoms with van der Waals surface area (Å²) in [7, 11) is 0. The number of allylic oxidation sites excluding steroid dienone is 3. The van der Waals surface area contributed by atoms with E-state index in [2.05, 4.69) is 0 Å². The van der Waals surface area contributed by atoms with Crippen LogP contribution in [0.2, 0.25) is 0 Å². The Morgan fingerprint density at radius 3 is 2.43 bits per heavy atom. The lowest BCUT2D eigenvalue weighted by molar-refractivity contribution is -0.450. The standard InChI is InChI=1S/C7H5F4NO2/c8-6(7(9,10)11)4-2-1-3-5(6)12(13)14/h2-4H,1H2. The maximum atomic E-state index is 13.3. The van der Waals surface area contributed by atoms with Crippen LogP contribution in [0.15, 0.2) is 23.9 Å². The second-order valence-corrected chi connectivity index (χ2v) is 2.69. The van der Waals surface area contributed by atoms with Gasteiger partial charge in [0.1, 0.15) is 0 Å². The molecule has 3 nitrogen and oxygen atoms in total. The van der Waals surface area contributed by atoms with E-state index < -0.39 is 22.5 Å². The lowest BCUT2D eigenvalue weighted by Crippen LogP contribution is -2.44. The molecule has 1 unspecified atom stereocenters. The number of nitro groups is 1. The average molecular weight is 211 g/mol. The molecule has 7 heteroatoms. The normalized spacial score (nSPS) is 27.3. The Kier molecular flexibility index (Phi) is 2.34. The van der Waals surface area contributed by atoms with E-state index in [1.54, 1.807) is 0 Å². The molecule has 1 atom stereocenters. The van der Waals surface area contributed by atoms with Crippen LogP contribution in [-0.4, -0.2) is 16.8 Å². The van der Waals surface area contributed by atoms with E-state index in [0.717, 1.165) is 6.08 Å². The molecule has 0 aromatic heterocycles. The highest BCUT2D eigenvalue weighted by Crippen LogP contribution is 2.42. The van der Waals surface area contributed by atoms with Gasteiger partial charge in [-0.3, -0.25) is 10.1 Å². The minimum Gasteiger partial charge on any atom is -0.259 e. The molecule has 0 fully saturated rings. The molecular weight excluding hydrogens is 206 g/mol. The molecule has 1 aliphatic rings. The molecule has 1 aliphatic carbocycles. The molecule has 0 aliphatic heterocycles. The fourth-order valence-corrected chi connectivity index (χ4v) is 1.09. The quantitative estimate of drug-likeness (QED) is 0.289. The van der Waals surface area contributed by atoms with Crippen molar-refractivity contribution in [2.24, 2.45) is 0 Å². The lowest BCUT2D eigenvalue weighted by atomic mass is 9.95. The fourth-order valence-electron chi connectivity index (χ4n) is 1.09. The maximum absolute atomic E-state index is 13.3. The highest BCUT2D eigenvalue weighted by atomic mass is 19.4. The molecule has 0 radical (unpaired) electrons. The molecule has 0 aromatic carbocycles. The summed E-state index contributed by atoms with van der Waals surface area (Å²) in [5.74, 6) is 0. The van der Waals surface area contributed by atoms with Gasteiger partial charge >= 0.3 is 11.8 Å². The molecule has 0 amide bonds. The topological polar surface area (TPSA) is 43.1 Å². The fraction of sp³-hybridized carbons (Fsp3) is 0.429. The molecule has 0 saturated heterocycles. The van der Waals surface area contributed by atoms with Crippen LogP contribution in [0.1, 0.15) is 6.42 Å². The van der Waals surface area contributed by atoms with E-state index in [0.29, 0.717) is 6.08 Å². The van der Waals surface area contributed by atoms with Crippen LogP contribution in [0.5, 0.6) is 0 Å². The van der Waals surface area contributed by atoms with Crippen molar-refractivity contribution in [2.45, 2.75) is 18.3 Å². The Bertz CT molecular complexity index is 320. The minimum atomic E-state index is -5.30. The van der Waals surface area contributed by atoms with Crippen molar-refractivity contribution < 1.29 is 22.5 Å². The Labute approximate surface area is 75.9 Å². The van der Waals surface area contributed by atoms with E-state index in [1.807, 2.05) is 0 Å². The summed E-state index contributed by atoms with van der Waals surface area (Å²) in [6.07, 6.45) is -3.68. The number of alkyl halides is 4. The lowest BCUT2D eigenvalue weighted by Gasteiger charge is -2.23. The number of hydrogen-bond donors (Lipinski definition) is 0. The first kappa shape index (κ1) is 10.7. The van der Waals surface area contributed by atoms with Gasteiger partial charge in [0.25, 0.3) is 5.70 Å². The monoisotopic (exact) mass is 211 g/mol. The molecule has 14 heavy (non-hydrogen) atoms. The van der Waals surface area contributed by atoms with E-state index in [-0.39, 0.29) is 12.5 Å². The molecular formula is C7H5F4NO2. The van der Waals surface area contributed by atoms with Crippen molar-refractivity contribution in [1.29, 1.82) is 0 Å². The summed E-state index contributed by atoms with van der Waals surface area (Å²) < 4.78 is 49.8. The second-order valence-electron chi connectivity index (χ2n) is 2.69. The summed E-state index contributed by atoms with van der Waals surface area (Å²) in [6, 6.07) is 0. The minimum absolute atomic E-state index is 0.0714. The third-order valence-electron chi connectivity index (χ3n) is 1.78. The smallest absolute Gasteiger partial charge is 0.259 e. The Morgan fingerprint density at radius 2 is 2.07 bits per heavy atom. The van der Waals surface area contributed by atoms with Crippen LogP contribution in [0.4, 0.5) is 17.6 Å². The first-order valence-electron chi connectivity index (χ1n) is 3.57. The van der Waals surface area contributed by atoms with E-state index in [1.165, 1.54) is 0 Å². The van der Waals surface area contributed by atoms with Gasteiger partial charge in [-0.1, -0.05) is 6.08 Å². The van der Waals surface area contributed by atoms with Gasteiger partial charge in [-0.25, -0.2) is 4.39 Å². The summed E-state index contributed by atoms with van der Waals surface area (Å²) >= 11 is 0. The number of nitrogens with zero attached hydrogens (tertiary/aromatic N) is 1. The Morgan fingerprint density at radius 1 is 1.50 bits per heavy atom. The first-order chi connectivity index (χ1) is 6.29. The van der Waals surface area contributed by atoms with Gasteiger partial charge in [-0.15, -0.1) is 0 Å². The van der Waals surface area contributed by atoms with Crippen molar-refractivity contribution >= 4 is 0 Å². The zero-order chi connectivity index (χ0) is 11.0. The van der Waals surface area contributed by atoms with Crippen LogP contribution >= 0.6 is 0 Å². The summed E-state index contributed by atoms with van der Waals surface area (Å²) in [6.45, 7) is 0.